The summed E-state index contributed by atoms with van der Waals surface area (Å²) in [7, 11) is 3.01. The second kappa shape index (κ2) is 23.2. The highest BCUT2D eigenvalue weighted by molar-refractivity contribution is 6.03. The molecule has 19 nitrogen and oxygen atoms in total. The predicted molar refractivity (Wildman–Crippen MR) is 272 cm³/mol. The molecule has 1 fully saturated rings. The van der Waals surface area contributed by atoms with Gasteiger partial charge in [0.15, 0.2) is 11.5 Å². The lowest BCUT2D eigenvalue weighted by Gasteiger charge is -2.59. The van der Waals surface area contributed by atoms with Crippen LogP contribution in [0.5, 0.6) is 40.2 Å². The zero-order valence-corrected chi connectivity index (χ0v) is 42.3. The van der Waals surface area contributed by atoms with Crippen LogP contribution in [0.1, 0.15) is 82.8 Å². The number of nitro groups is 1. The third-order valence-electron chi connectivity index (χ3n) is 13.6. The van der Waals surface area contributed by atoms with Crippen LogP contribution in [0.2, 0.25) is 0 Å². The van der Waals surface area contributed by atoms with E-state index in [0.717, 1.165) is 5.57 Å². The van der Waals surface area contributed by atoms with E-state index in [2.05, 4.69) is 18.0 Å². The minimum Gasteiger partial charge on any atom is -0.497 e. The van der Waals surface area contributed by atoms with Gasteiger partial charge in [-0.25, -0.2) is 9.59 Å². The fourth-order valence-electron chi connectivity index (χ4n) is 10.4. The summed E-state index contributed by atoms with van der Waals surface area (Å²) in [6, 6.07) is 19.7. The molecule has 0 spiro atoms. The molecule has 4 aliphatic rings. The first kappa shape index (κ1) is 53.0. The van der Waals surface area contributed by atoms with Gasteiger partial charge in [0.25, 0.3) is 5.69 Å². The van der Waals surface area contributed by atoms with Crippen molar-refractivity contribution in [3.8, 4) is 40.2 Å². The molecule has 1 saturated carbocycles. The number of rotatable bonds is 21. The monoisotopic (exact) mass is 1020 g/mol. The van der Waals surface area contributed by atoms with E-state index in [1.54, 1.807) is 54.6 Å². The largest absolute Gasteiger partial charge is 0.497 e. The summed E-state index contributed by atoms with van der Waals surface area (Å²) < 4.78 is 48.9. The Morgan fingerprint density at radius 1 is 0.892 bits per heavy atom. The summed E-state index contributed by atoms with van der Waals surface area (Å²) >= 11 is 0. The number of benzene rings is 4. The Morgan fingerprint density at radius 2 is 1.61 bits per heavy atom. The maximum Gasteiger partial charge on any atom is 0.417 e. The van der Waals surface area contributed by atoms with Crippen LogP contribution in [-0.2, 0) is 16.1 Å². The molecule has 19 heteroatoms. The van der Waals surface area contributed by atoms with E-state index >= 15 is 4.79 Å². The first-order chi connectivity index (χ1) is 35.7. The summed E-state index contributed by atoms with van der Waals surface area (Å²) in [6.07, 6.45) is 6.11. The quantitative estimate of drug-likeness (QED) is 0.0305. The summed E-state index contributed by atoms with van der Waals surface area (Å²) in [5.41, 5.74) is 2.10. The summed E-state index contributed by atoms with van der Waals surface area (Å²) in [5, 5.41) is 39.4. The van der Waals surface area contributed by atoms with Gasteiger partial charge in [0, 0.05) is 55.9 Å². The fourth-order valence-corrected chi connectivity index (χ4v) is 10.4. The number of carbonyl (C=O) groups is 2. The van der Waals surface area contributed by atoms with Crippen LogP contribution < -0.4 is 38.5 Å². The fraction of sp³-hybridized carbons (Fsp3) is 0.436. The van der Waals surface area contributed by atoms with E-state index in [9.17, 15) is 25.1 Å². The number of amides is 2. The zero-order valence-electron chi connectivity index (χ0n) is 42.3. The molecule has 394 valence electrons. The van der Waals surface area contributed by atoms with Gasteiger partial charge in [-0.1, -0.05) is 36.2 Å². The number of nitrogens with one attached hydrogen (secondary N) is 1. The van der Waals surface area contributed by atoms with Crippen molar-refractivity contribution in [1.82, 2.24) is 4.90 Å². The average Bonchev–Trinajstić information content (AvgIpc) is 3.90. The Kier molecular flexibility index (Phi) is 16.6. The molecule has 2 heterocycles. The maximum atomic E-state index is 15.2. The number of carbonyl (C=O) groups excluding carboxylic acids is 2. The number of ether oxygens (including phenoxy) is 8. The van der Waals surface area contributed by atoms with Gasteiger partial charge in [0.1, 0.15) is 40.4 Å². The number of non-ortho nitro benzene ring substituents is 1. The molecule has 2 aliphatic heterocycles. The average molecular weight is 1020 g/mol. The number of aliphatic hydroxyl groups excluding tert-OH is 2. The number of hydrogen-bond acceptors (Lipinski definition) is 16. The first-order valence-corrected chi connectivity index (χ1v) is 24.8. The van der Waals surface area contributed by atoms with Crippen molar-refractivity contribution in [2.75, 3.05) is 46.1 Å². The van der Waals surface area contributed by atoms with E-state index in [1.807, 2.05) is 26.8 Å². The van der Waals surface area contributed by atoms with E-state index < -0.39 is 46.4 Å². The van der Waals surface area contributed by atoms with E-state index in [1.165, 1.54) is 43.4 Å². The van der Waals surface area contributed by atoms with Crippen molar-refractivity contribution >= 4 is 29.3 Å². The van der Waals surface area contributed by atoms with Crippen LogP contribution in [0, 0.1) is 27.9 Å². The molecule has 2 aliphatic carbocycles. The zero-order chi connectivity index (χ0) is 52.6. The highest BCUT2D eigenvalue weighted by Crippen LogP contribution is 2.62. The lowest BCUT2D eigenvalue weighted by molar-refractivity contribution is -0.384. The standard InChI is InChI=1S/C55H64N4O15/c1-7-26-70-55-49(58(32-34-14-22-46-48(27-34)69-33-68-46)53(63)72-37-17-15-36(16-18-37)59(64)65)31-44(57-74-54(2,3)4)41-28-35(12-8-10-24-60)40(13-9-11-25-61)50(51(41)55)42-29-39(20-23-45(42)73-55)71-52(62)56-43-21-19-38(66-5)30-47(43)67-6/h7,14-23,27-30,35,40,49-51,60-61H,1,8-13,24-26,31-33H2,2-6H3,(H,56,62)/t35-,40+,49-,50+,51+,55+/m0/s1. The first-order valence-electron chi connectivity index (χ1n) is 24.8. The molecule has 4 aromatic rings. The highest BCUT2D eigenvalue weighted by Gasteiger charge is 2.66. The van der Waals surface area contributed by atoms with E-state index in [4.69, 9.17) is 47.9 Å². The number of oxime groups is 1. The van der Waals surface area contributed by atoms with Crippen molar-refractivity contribution in [2.45, 2.75) is 95.6 Å². The van der Waals surface area contributed by atoms with Crippen LogP contribution in [0.25, 0.3) is 0 Å². The minimum atomic E-state index is -1.71. The van der Waals surface area contributed by atoms with Gasteiger partial charge in [0.2, 0.25) is 12.6 Å². The Morgan fingerprint density at radius 3 is 2.31 bits per heavy atom. The third kappa shape index (κ3) is 11.7. The molecule has 0 aromatic heterocycles. The molecule has 74 heavy (non-hydrogen) atoms. The molecule has 3 N–H and O–H groups in total. The highest BCUT2D eigenvalue weighted by atomic mass is 16.7. The maximum absolute atomic E-state index is 15.2. The molecule has 2 amide bonds. The van der Waals surface area contributed by atoms with Crippen LogP contribution >= 0.6 is 0 Å². The molecular weight excluding hydrogens is 957 g/mol. The predicted octanol–water partition coefficient (Wildman–Crippen LogP) is 10.1. The van der Waals surface area contributed by atoms with E-state index in [-0.39, 0.29) is 68.6 Å². The second-order valence-corrected chi connectivity index (χ2v) is 19.5. The second-order valence-electron chi connectivity index (χ2n) is 19.5. The third-order valence-corrected chi connectivity index (χ3v) is 13.6. The van der Waals surface area contributed by atoms with Gasteiger partial charge in [-0.05, 0) is 124 Å². The van der Waals surface area contributed by atoms with Crippen molar-refractivity contribution in [3.63, 3.8) is 0 Å². The van der Waals surface area contributed by atoms with Gasteiger partial charge in [-0.3, -0.25) is 20.3 Å². The summed E-state index contributed by atoms with van der Waals surface area (Å²) in [4.78, 5) is 47.9. The number of methoxy groups -OCH3 is 2. The molecule has 6 atom stereocenters. The number of hydrogen-bond donors (Lipinski definition) is 3. The van der Waals surface area contributed by atoms with Crippen LogP contribution in [0.4, 0.5) is 21.0 Å². The van der Waals surface area contributed by atoms with Gasteiger partial charge in [0.05, 0.1) is 43.1 Å². The molecule has 8 rings (SSSR count). The van der Waals surface area contributed by atoms with Gasteiger partial charge < -0.3 is 52.9 Å². The lowest BCUT2D eigenvalue weighted by Crippen LogP contribution is -2.70. The van der Waals surface area contributed by atoms with Crippen molar-refractivity contribution < 1.29 is 67.5 Å². The van der Waals surface area contributed by atoms with Gasteiger partial charge in [-0.15, -0.1) is 6.58 Å². The van der Waals surface area contributed by atoms with Crippen LogP contribution in [0.15, 0.2) is 108 Å². The van der Waals surface area contributed by atoms with Crippen LogP contribution in [0.3, 0.4) is 0 Å². The molecule has 0 saturated heterocycles. The minimum absolute atomic E-state index is 0.00996. The number of nitro benzene ring substituents is 1. The summed E-state index contributed by atoms with van der Waals surface area (Å²) in [6.45, 7) is 9.63. The van der Waals surface area contributed by atoms with Crippen molar-refractivity contribution in [2.24, 2.45) is 22.9 Å². The molecular formula is C55H64N4O15. The number of allylic oxidation sites excluding steroid dienone is 1. The summed E-state index contributed by atoms with van der Waals surface area (Å²) in [5.74, 6) is -0.567. The number of unbranched alkanes of at least 4 members (excludes halogenated alkanes) is 2. The lowest BCUT2D eigenvalue weighted by atomic mass is 9.55. The topological polar surface area (TPSA) is 228 Å². The molecule has 0 unspecified atom stereocenters. The van der Waals surface area contributed by atoms with Crippen LogP contribution in [-0.4, -0.2) is 96.2 Å². The normalized spacial score (nSPS) is 21.7. The van der Waals surface area contributed by atoms with Crippen molar-refractivity contribution in [3.05, 3.63) is 124 Å². The number of anilines is 1. The number of nitrogens with zero attached hydrogens (tertiary/aromatic N) is 3. The Hall–Kier alpha value is -7.35. The molecule has 0 radical (unpaired) electrons. The van der Waals surface area contributed by atoms with Crippen molar-refractivity contribution in [1.29, 1.82) is 0 Å². The molecule has 4 aromatic carbocycles. The number of aliphatic hydroxyl groups is 2. The van der Waals surface area contributed by atoms with Gasteiger partial charge >= 0.3 is 12.2 Å². The number of fused-ring (bicyclic) bond motifs is 3. The SMILES string of the molecule is C=CCO[C@@]12Oc3ccc(OC(=O)Nc4ccc(OC)cc4OC)cc3[C@H]3[C@H](CCCCO)[C@@H](CCCCO)C=C(C(=NOC(C)(C)C)C[C@@H]1N(Cc1ccc4c(c1)OCO4)C(=O)Oc1ccc([N+](=O)[O-])cc1)[C@H]32. The smallest absolute Gasteiger partial charge is 0.417 e. The Balaban J connectivity index is 1.31. The van der Waals surface area contributed by atoms with Gasteiger partial charge in [-0.2, -0.15) is 0 Å². The van der Waals surface area contributed by atoms with E-state index in [0.29, 0.717) is 89.8 Å². The Labute approximate surface area is 429 Å². The Bertz CT molecular complexity index is 2740. The molecule has 0 bridgehead atoms.